The van der Waals surface area contributed by atoms with E-state index >= 15 is 0 Å². The summed E-state index contributed by atoms with van der Waals surface area (Å²) in [4.78, 5) is 5.69. The highest BCUT2D eigenvalue weighted by Gasteiger charge is 2.18. The van der Waals surface area contributed by atoms with Gasteiger partial charge >= 0.3 is 0 Å². The third-order valence-corrected chi connectivity index (χ3v) is 4.84. The molecule has 5 nitrogen and oxygen atoms in total. The Morgan fingerprint density at radius 1 is 1.22 bits per heavy atom. The maximum absolute atomic E-state index is 10.7. The van der Waals surface area contributed by atoms with E-state index in [1.807, 2.05) is 18.2 Å². The Kier molecular flexibility index (Phi) is 5.15. The summed E-state index contributed by atoms with van der Waals surface area (Å²) in [5.74, 6) is 0. The maximum Gasteiger partial charge on any atom is 0.214 e. The highest BCUT2D eigenvalue weighted by Crippen LogP contribution is 2.27. The second-order valence-corrected chi connectivity index (χ2v) is 6.97. The molecule has 2 aliphatic heterocycles. The zero-order valence-corrected chi connectivity index (χ0v) is 14.2. The number of nitrogens with zero attached hydrogens (tertiary/aromatic N) is 1. The molecule has 3 heterocycles. The highest BCUT2D eigenvalue weighted by molar-refractivity contribution is 7.71. The van der Waals surface area contributed by atoms with Gasteiger partial charge in [-0.15, -0.1) is 0 Å². The summed E-state index contributed by atoms with van der Waals surface area (Å²) in [5, 5.41) is 5.62. The lowest BCUT2D eigenvalue weighted by Gasteiger charge is -2.22. The number of hydrogen-bond donors (Lipinski definition) is 2. The van der Waals surface area contributed by atoms with Gasteiger partial charge in [0.2, 0.25) is 10.3 Å². The van der Waals surface area contributed by atoms with E-state index in [4.69, 9.17) is 0 Å². The minimum atomic E-state index is -2.15. The van der Waals surface area contributed by atoms with Gasteiger partial charge in [-0.3, -0.25) is 0 Å². The van der Waals surface area contributed by atoms with Crippen molar-refractivity contribution < 1.29 is 8.42 Å². The monoisotopic (exact) mass is 333 g/mol. The Balaban J connectivity index is 0.000000267. The van der Waals surface area contributed by atoms with Gasteiger partial charge in [0.05, 0.1) is 5.37 Å². The van der Waals surface area contributed by atoms with E-state index in [0.29, 0.717) is 0 Å². The van der Waals surface area contributed by atoms with Gasteiger partial charge in [0.1, 0.15) is 0 Å². The van der Waals surface area contributed by atoms with Gasteiger partial charge in [-0.1, -0.05) is 6.07 Å². The molecular weight excluding hydrogens is 310 g/mol. The van der Waals surface area contributed by atoms with Crippen LogP contribution < -0.4 is 5.32 Å². The molecule has 1 saturated heterocycles. The first-order valence-electron chi connectivity index (χ1n) is 8.09. The van der Waals surface area contributed by atoms with Crippen LogP contribution in [0.5, 0.6) is 0 Å². The molecule has 0 spiro atoms. The average Bonchev–Trinajstić information content (AvgIpc) is 3.16. The van der Waals surface area contributed by atoms with E-state index in [1.165, 1.54) is 42.6 Å². The molecule has 1 aromatic heterocycles. The van der Waals surface area contributed by atoms with Gasteiger partial charge in [-0.05, 0) is 62.7 Å². The van der Waals surface area contributed by atoms with Crippen LogP contribution in [0.25, 0.3) is 10.9 Å². The second kappa shape index (κ2) is 7.29. The SMILES string of the molecule is C1CCNC1.CN1CCc2c([nH]c3ccc(C=S(=O)=O)cc23)C1. The van der Waals surface area contributed by atoms with Crippen LogP contribution in [-0.2, 0) is 23.3 Å². The van der Waals surface area contributed by atoms with Crippen molar-refractivity contribution >= 4 is 26.6 Å². The van der Waals surface area contributed by atoms with Crippen molar-refractivity contribution in [2.75, 3.05) is 26.7 Å². The number of aromatic nitrogens is 1. The standard InChI is InChI=1S/C13H14N2O2S.C4H9N/c1-15-5-4-10-11-6-9(8-18(16)17)2-3-12(11)14-13(10)7-15;1-2-4-5-3-1/h2-3,6,8,14H,4-5,7H2,1H3;5H,1-4H2. The molecule has 124 valence electrons. The summed E-state index contributed by atoms with van der Waals surface area (Å²) in [6, 6.07) is 5.72. The first kappa shape index (κ1) is 16.2. The molecule has 6 heteroatoms. The Hall–Kier alpha value is -1.63. The minimum Gasteiger partial charge on any atom is -0.357 e. The highest BCUT2D eigenvalue weighted by atomic mass is 32.2. The summed E-state index contributed by atoms with van der Waals surface area (Å²) in [7, 11) is -0.0428. The average molecular weight is 333 g/mol. The Morgan fingerprint density at radius 3 is 2.65 bits per heavy atom. The van der Waals surface area contributed by atoms with Gasteiger partial charge in [0.15, 0.2) is 0 Å². The Labute approximate surface area is 138 Å². The summed E-state index contributed by atoms with van der Waals surface area (Å²) < 4.78 is 21.4. The van der Waals surface area contributed by atoms with Crippen LogP contribution in [-0.4, -0.2) is 50.4 Å². The second-order valence-electron chi connectivity index (χ2n) is 6.21. The quantitative estimate of drug-likeness (QED) is 0.777. The number of nitrogens with one attached hydrogen (secondary N) is 2. The van der Waals surface area contributed by atoms with Crippen LogP contribution in [0.3, 0.4) is 0 Å². The van der Waals surface area contributed by atoms with E-state index < -0.39 is 10.3 Å². The lowest BCUT2D eigenvalue weighted by atomic mass is 10.0. The van der Waals surface area contributed by atoms with E-state index in [9.17, 15) is 8.42 Å². The molecule has 1 fully saturated rings. The summed E-state index contributed by atoms with van der Waals surface area (Å²) in [5.41, 5.74) is 4.40. The van der Waals surface area contributed by atoms with Gasteiger partial charge in [-0.25, -0.2) is 0 Å². The molecule has 0 unspecified atom stereocenters. The fourth-order valence-electron chi connectivity index (χ4n) is 3.20. The molecule has 0 bridgehead atoms. The van der Waals surface area contributed by atoms with Crippen LogP contribution in [0.15, 0.2) is 18.2 Å². The molecular formula is C17H23N3O2S. The third kappa shape index (κ3) is 4.02. The number of fused-ring (bicyclic) bond motifs is 3. The predicted octanol–water partition coefficient (Wildman–Crippen LogP) is 1.55. The minimum absolute atomic E-state index is 0.733. The van der Waals surface area contributed by atoms with Crippen LogP contribution in [0.2, 0.25) is 0 Å². The van der Waals surface area contributed by atoms with Crippen molar-refractivity contribution in [3.63, 3.8) is 0 Å². The first-order chi connectivity index (χ1) is 11.1. The van der Waals surface area contributed by atoms with Gasteiger partial charge < -0.3 is 15.2 Å². The number of hydrogen-bond acceptors (Lipinski definition) is 4. The lowest BCUT2D eigenvalue weighted by molar-refractivity contribution is 0.310. The van der Waals surface area contributed by atoms with Gasteiger partial charge in [-0.2, -0.15) is 8.42 Å². The Morgan fingerprint density at radius 2 is 2.00 bits per heavy atom. The number of benzene rings is 1. The fourth-order valence-corrected chi connectivity index (χ4v) is 3.57. The lowest BCUT2D eigenvalue weighted by Crippen LogP contribution is -2.26. The van der Waals surface area contributed by atoms with E-state index in [0.717, 1.165) is 36.0 Å². The number of aromatic amines is 1. The summed E-state index contributed by atoms with van der Waals surface area (Å²) in [6.45, 7) is 4.47. The fraction of sp³-hybridized carbons (Fsp3) is 0.471. The van der Waals surface area contributed by atoms with E-state index in [-0.39, 0.29) is 0 Å². The first-order valence-corrected chi connectivity index (χ1v) is 9.23. The third-order valence-electron chi connectivity index (χ3n) is 4.38. The smallest absolute Gasteiger partial charge is 0.214 e. The molecule has 0 atom stereocenters. The molecule has 0 radical (unpaired) electrons. The van der Waals surface area contributed by atoms with Gasteiger partial charge in [0.25, 0.3) is 0 Å². The van der Waals surface area contributed by atoms with Crippen LogP contribution in [0, 0.1) is 0 Å². The zero-order valence-electron chi connectivity index (χ0n) is 13.4. The van der Waals surface area contributed by atoms with Crippen molar-refractivity contribution in [2.45, 2.75) is 25.8 Å². The van der Waals surface area contributed by atoms with Crippen LogP contribution in [0.4, 0.5) is 0 Å². The van der Waals surface area contributed by atoms with Crippen molar-refractivity contribution in [2.24, 2.45) is 0 Å². The van der Waals surface area contributed by atoms with Crippen LogP contribution >= 0.6 is 0 Å². The van der Waals surface area contributed by atoms with Crippen LogP contribution in [0.1, 0.15) is 29.7 Å². The number of H-pyrrole nitrogens is 1. The maximum atomic E-state index is 10.7. The normalized spacial score (nSPS) is 17.4. The molecule has 0 amide bonds. The van der Waals surface area contributed by atoms with E-state index in [2.05, 4.69) is 22.2 Å². The molecule has 4 rings (SSSR count). The summed E-state index contributed by atoms with van der Waals surface area (Å²) in [6.07, 6.45) is 3.79. The zero-order chi connectivity index (χ0) is 16.2. The molecule has 2 aliphatic rings. The van der Waals surface area contributed by atoms with Crippen molar-refractivity contribution in [3.8, 4) is 0 Å². The summed E-state index contributed by atoms with van der Waals surface area (Å²) >= 11 is 0. The van der Waals surface area contributed by atoms with Gasteiger partial charge in [0, 0.05) is 29.7 Å². The molecule has 2 aromatic rings. The topological polar surface area (TPSA) is 65.2 Å². The largest absolute Gasteiger partial charge is 0.357 e. The molecule has 0 saturated carbocycles. The number of likely N-dealkylation sites (N-methyl/N-ethyl adjacent to an activating group) is 1. The Bertz CT molecular complexity index is 804. The van der Waals surface area contributed by atoms with Crippen molar-refractivity contribution in [1.82, 2.24) is 15.2 Å². The van der Waals surface area contributed by atoms with E-state index in [1.54, 1.807) is 0 Å². The predicted molar refractivity (Wildman–Crippen MR) is 94.5 cm³/mol. The van der Waals surface area contributed by atoms with Crippen molar-refractivity contribution in [3.05, 3.63) is 35.0 Å². The molecule has 23 heavy (non-hydrogen) atoms. The van der Waals surface area contributed by atoms with Crippen molar-refractivity contribution in [1.29, 1.82) is 0 Å². The molecule has 0 aliphatic carbocycles. The molecule has 2 N–H and O–H groups in total. The number of rotatable bonds is 1. The molecule has 1 aromatic carbocycles.